The number of benzene rings is 1. The average molecular weight is 317 g/mol. The predicted octanol–water partition coefficient (Wildman–Crippen LogP) is 2.15. The first kappa shape index (κ1) is 16.0. The van der Waals surface area contributed by atoms with E-state index < -0.39 is 18.2 Å². The normalized spacial score (nSPS) is 30.3. The molecule has 1 saturated carbocycles. The van der Waals surface area contributed by atoms with E-state index in [1.165, 1.54) is 5.56 Å². The summed E-state index contributed by atoms with van der Waals surface area (Å²) in [5.41, 5.74) is 1.34. The molecule has 124 valence electrons. The van der Waals surface area contributed by atoms with Crippen molar-refractivity contribution in [1.82, 2.24) is 5.32 Å². The van der Waals surface area contributed by atoms with Crippen LogP contribution in [-0.2, 0) is 20.7 Å². The first-order chi connectivity index (χ1) is 11.1. The van der Waals surface area contributed by atoms with Gasteiger partial charge in [-0.05, 0) is 50.0 Å². The van der Waals surface area contributed by atoms with Crippen molar-refractivity contribution >= 4 is 11.9 Å². The van der Waals surface area contributed by atoms with Gasteiger partial charge in [0.25, 0.3) is 0 Å². The molecule has 0 radical (unpaired) electrons. The van der Waals surface area contributed by atoms with Crippen LogP contribution in [-0.4, -0.2) is 35.2 Å². The SMILES string of the molecule is O=C(NC1CCC(Cc2ccccc2)C1)[C@@H]1CC[C@H](C(=O)O)O1. The summed E-state index contributed by atoms with van der Waals surface area (Å²) >= 11 is 0. The zero-order valence-corrected chi connectivity index (χ0v) is 13.1. The van der Waals surface area contributed by atoms with Gasteiger partial charge in [-0.1, -0.05) is 30.3 Å². The number of amides is 1. The molecule has 1 saturated heterocycles. The minimum atomic E-state index is -0.982. The van der Waals surface area contributed by atoms with Gasteiger partial charge in [0.1, 0.15) is 6.10 Å². The molecule has 1 aromatic rings. The maximum absolute atomic E-state index is 12.2. The van der Waals surface area contributed by atoms with Gasteiger partial charge < -0.3 is 15.2 Å². The molecule has 0 aromatic heterocycles. The van der Waals surface area contributed by atoms with Crippen molar-refractivity contribution in [2.24, 2.45) is 5.92 Å². The quantitative estimate of drug-likeness (QED) is 0.872. The molecular formula is C18H23NO4. The smallest absolute Gasteiger partial charge is 0.332 e. The Morgan fingerprint density at radius 1 is 1.09 bits per heavy atom. The van der Waals surface area contributed by atoms with Crippen LogP contribution in [0, 0.1) is 5.92 Å². The molecule has 3 rings (SSSR count). The van der Waals surface area contributed by atoms with E-state index in [4.69, 9.17) is 9.84 Å². The van der Waals surface area contributed by atoms with Gasteiger partial charge in [-0.15, -0.1) is 0 Å². The van der Waals surface area contributed by atoms with E-state index in [2.05, 4.69) is 29.6 Å². The number of nitrogens with one attached hydrogen (secondary N) is 1. The van der Waals surface area contributed by atoms with Gasteiger partial charge in [0.2, 0.25) is 5.91 Å². The lowest BCUT2D eigenvalue weighted by molar-refractivity contribution is -0.151. The fourth-order valence-electron chi connectivity index (χ4n) is 3.64. The maximum atomic E-state index is 12.2. The maximum Gasteiger partial charge on any atom is 0.332 e. The van der Waals surface area contributed by atoms with Crippen molar-refractivity contribution in [3.8, 4) is 0 Å². The predicted molar refractivity (Wildman–Crippen MR) is 84.9 cm³/mol. The summed E-state index contributed by atoms with van der Waals surface area (Å²) in [5, 5.41) is 12.0. The molecule has 2 N–H and O–H groups in total. The fraction of sp³-hybridized carbons (Fsp3) is 0.556. The largest absolute Gasteiger partial charge is 0.479 e. The van der Waals surface area contributed by atoms with E-state index in [1.54, 1.807) is 0 Å². The summed E-state index contributed by atoms with van der Waals surface area (Å²) in [6.45, 7) is 0. The Labute approximate surface area is 136 Å². The number of ether oxygens (including phenoxy) is 1. The molecule has 23 heavy (non-hydrogen) atoms. The Bertz CT molecular complexity index is 559. The van der Waals surface area contributed by atoms with Crippen LogP contribution in [0.25, 0.3) is 0 Å². The molecule has 1 aliphatic heterocycles. The molecular weight excluding hydrogens is 294 g/mol. The highest BCUT2D eigenvalue weighted by atomic mass is 16.5. The van der Waals surface area contributed by atoms with Crippen molar-refractivity contribution in [2.45, 2.75) is 56.8 Å². The monoisotopic (exact) mass is 317 g/mol. The second kappa shape index (κ2) is 7.13. The van der Waals surface area contributed by atoms with Crippen LogP contribution in [0.15, 0.2) is 30.3 Å². The Kier molecular flexibility index (Phi) is 4.96. The average Bonchev–Trinajstić information content (AvgIpc) is 3.18. The third-order valence-electron chi connectivity index (χ3n) is 4.84. The zero-order chi connectivity index (χ0) is 16.2. The van der Waals surface area contributed by atoms with E-state index in [0.29, 0.717) is 18.8 Å². The zero-order valence-electron chi connectivity index (χ0n) is 13.1. The lowest BCUT2D eigenvalue weighted by Gasteiger charge is -2.17. The molecule has 5 heteroatoms. The van der Waals surface area contributed by atoms with Crippen LogP contribution in [0.2, 0.25) is 0 Å². The first-order valence-electron chi connectivity index (χ1n) is 8.34. The topological polar surface area (TPSA) is 75.6 Å². The van der Waals surface area contributed by atoms with Crippen molar-refractivity contribution < 1.29 is 19.4 Å². The third-order valence-corrected chi connectivity index (χ3v) is 4.84. The van der Waals surface area contributed by atoms with E-state index in [-0.39, 0.29) is 11.9 Å². The third kappa shape index (κ3) is 4.10. The standard InChI is InChI=1S/C18H23NO4/c20-17(15-8-9-16(23-15)18(21)22)19-14-7-6-13(11-14)10-12-4-2-1-3-5-12/h1-5,13-16H,6-11H2,(H,19,20)(H,21,22)/t13?,14?,15-,16+/m0/s1. The van der Waals surface area contributed by atoms with Gasteiger partial charge in [-0.2, -0.15) is 0 Å². The molecule has 1 aromatic carbocycles. The number of carboxylic acid groups (broad SMARTS) is 1. The minimum Gasteiger partial charge on any atom is -0.479 e. The molecule has 1 aliphatic carbocycles. The highest BCUT2D eigenvalue weighted by Gasteiger charge is 2.36. The number of carboxylic acids is 1. The highest BCUT2D eigenvalue weighted by molar-refractivity contribution is 5.82. The number of carbonyl (C=O) groups is 2. The highest BCUT2D eigenvalue weighted by Crippen LogP contribution is 2.29. The Balaban J connectivity index is 1.45. The summed E-state index contributed by atoms with van der Waals surface area (Å²) in [6, 6.07) is 10.6. The molecule has 1 amide bonds. The number of hydrogen-bond acceptors (Lipinski definition) is 3. The van der Waals surface area contributed by atoms with Crippen molar-refractivity contribution in [1.29, 1.82) is 0 Å². The fourth-order valence-corrected chi connectivity index (χ4v) is 3.64. The first-order valence-corrected chi connectivity index (χ1v) is 8.34. The van der Waals surface area contributed by atoms with Gasteiger partial charge in [-0.25, -0.2) is 4.79 Å². The van der Waals surface area contributed by atoms with Gasteiger partial charge in [0.15, 0.2) is 6.10 Å². The molecule has 4 atom stereocenters. The van der Waals surface area contributed by atoms with E-state index in [9.17, 15) is 9.59 Å². The summed E-state index contributed by atoms with van der Waals surface area (Å²) in [4.78, 5) is 23.1. The summed E-state index contributed by atoms with van der Waals surface area (Å²) in [7, 11) is 0. The second-order valence-corrected chi connectivity index (χ2v) is 6.60. The lowest BCUT2D eigenvalue weighted by atomic mass is 9.98. The van der Waals surface area contributed by atoms with E-state index in [0.717, 1.165) is 25.7 Å². The Hall–Kier alpha value is -1.88. The van der Waals surface area contributed by atoms with E-state index in [1.807, 2.05) is 6.07 Å². The minimum absolute atomic E-state index is 0.154. The lowest BCUT2D eigenvalue weighted by Crippen LogP contribution is -2.40. The summed E-state index contributed by atoms with van der Waals surface area (Å²) < 4.78 is 5.31. The van der Waals surface area contributed by atoms with Crippen molar-refractivity contribution in [2.75, 3.05) is 0 Å². The molecule has 2 fully saturated rings. The number of aliphatic carboxylic acids is 1. The second-order valence-electron chi connectivity index (χ2n) is 6.60. The van der Waals surface area contributed by atoms with Crippen LogP contribution < -0.4 is 5.32 Å². The Morgan fingerprint density at radius 3 is 2.52 bits per heavy atom. The van der Waals surface area contributed by atoms with Crippen LogP contribution >= 0.6 is 0 Å². The molecule has 5 nitrogen and oxygen atoms in total. The molecule has 1 heterocycles. The van der Waals surface area contributed by atoms with Crippen LogP contribution in [0.1, 0.15) is 37.7 Å². The van der Waals surface area contributed by atoms with Gasteiger partial charge >= 0.3 is 5.97 Å². The van der Waals surface area contributed by atoms with Crippen LogP contribution in [0.5, 0.6) is 0 Å². The van der Waals surface area contributed by atoms with Crippen molar-refractivity contribution in [3.63, 3.8) is 0 Å². The molecule has 2 aliphatic rings. The van der Waals surface area contributed by atoms with E-state index >= 15 is 0 Å². The number of rotatable bonds is 5. The number of carbonyl (C=O) groups excluding carboxylic acids is 1. The van der Waals surface area contributed by atoms with Gasteiger partial charge in [0, 0.05) is 6.04 Å². The number of hydrogen-bond donors (Lipinski definition) is 2. The van der Waals surface area contributed by atoms with Crippen LogP contribution in [0.3, 0.4) is 0 Å². The molecule has 2 unspecified atom stereocenters. The van der Waals surface area contributed by atoms with Crippen molar-refractivity contribution in [3.05, 3.63) is 35.9 Å². The van der Waals surface area contributed by atoms with Gasteiger partial charge in [0.05, 0.1) is 0 Å². The molecule has 0 bridgehead atoms. The van der Waals surface area contributed by atoms with Gasteiger partial charge in [-0.3, -0.25) is 4.79 Å². The summed E-state index contributed by atoms with van der Waals surface area (Å²) in [6.07, 6.45) is 3.59. The summed E-state index contributed by atoms with van der Waals surface area (Å²) in [5.74, 6) is -0.540. The Morgan fingerprint density at radius 2 is 1.83 bits per heavy atom. The van der Waals surface area contributed by atoms with Crippen LogP contribution in [0.4, 0.5) is 0 Å². The molecule has 0 spiro atoms.